The van der Waals surface area contributed by atoms with Crippen LogP contribution in [0, 0.1) is 6.92 Å². The summed E-state index contributed by atoms with van der Waals surface area (Å²) in [6.07, 6.45) is 5.66. The molecule has 0 aliphatic carbocycles. The summed E-state index contributed by atoms with van der Waals surface area (Å²) in [5.41, 5.74) is 5.90. The van der Waals surface area contributed by atoms with E-state index in [2.05, 4.69) is 31.2 Å². The molecule has 0 aliphatic rings. The second-order valence-corrected chi connectivity index (χ2v) is 8.34. The van der Waals surface area contributed by atoms with E-state index in [0.29, 0.717) is 18.8 Å². The Labute approximate surface area is 190 Å². The molecule has 0 fully saturated rings. The van der Waals surface area contributed by atoms with Crippen LogP contribution in [0.2, 0.25) is 0 Å². The van der Waals surface area contributed by atoms with Crippen molar-refractivity contribution in [3.63, 3.8) is 0 Å². The third kappa shape index (κ3) is 7.77. The molecule has 2 N–H and O–H groups in total. The van der Waals surface area contributed by atoms with E-state index >= 15 is 0 Å². The highest BCUT2D eigenvalue weighted by Crippen LogP contribution is 2.28. The summed E-state index contributed by atoms with van der Waals surface area (Å²) in [4.78, 5) is 10.7. The smallest absolute Gasteiger partial charge is 0.303 e. The van der Waals surface area contributed by atoms with Crippen LogP contribution < -0.4 is 4.74 Å². The summed E-state index contributed by atoms with van der Waals surface area (Å²) in [5.74, 6) is -0.0891. The zero-order valence-electron chi connectivity index (χ0n) is 18.7. The molecule has 0 bridgehead atoms. The third-order valence-corrected chi connectivity index (χ3v) is 5.53. The van der Waals surface area contributed by atoms with Gasteiger partial charge < -0.3 is 14.9 Å². The second kappa shape index (κ2) is 11.9. The molecule has 0 aromatic heterocycles. The summed E-state index contributed by atoms with van der Waals surface area (Å²) in [6.45, 7) is 2.71. The maximum absolute atomic E-state index is 10.7. The fourth-order valence-corrected chi connectivity index (χ4v) is 3.75. The van der Waals surface area contributed by atoms with E-state index in [0.717, 1.165) is 48.8 Å². The highest BCUT2D eigenvalue weighted by Gasteiger charge is 2.06. The predicted octanol–water partition coefficient (Wildman–Crippen LogP) is 6.10. The minimum atomic E-state index is -0.781. The molecule has 0 aliphatic heterocycles. The van der Waals surface area contributed by atoms with E-state index < -0.39 is 5.97 Å². The summed E-state index contributed by atoms with van der Waals surface area (Å²) < 4.78 is 5.85. The number of phenolic OH excluding ortho intramolecular Hbond substituents is 1. The molecular weight excluding hydrogens is 400 g/mol. The maximum atomic E-state index is 10.7. The first kappa shape index (κ1) is 23.4. The van der Waals surface area contributed by atoms with Crippen LogP contribution in [0.15, 0.2) is 66.7 Å². The minimum absolute atomic E-state index is 0.143. The van der Waals surface area contributed by atoms with Gasteiger partial charge in [0.2, 0.25) is 0 Å². The number of aromatic hydroxyl groups is 1. The molecule has 0 saturated heterocycles. The average molecular weight is 433 g/mol. The standard InChI is InChI=1S/C28H32O4/c1-21-6-5-8-23(18-21)7-3-2-4-17-32-27-20-25(13-15-26(27)29)19-24-11-9-22(10-12-24)14-16-28(30)31/h5-6,8-13,15,18,20,29H,2-4,7,14,16-17,19H2,1H3,(H,30,31). The fourth-order valence-electron chi connectivity index (χ4n) is 3.75. The topological polar surface area (TPSA) is 66.8 Å². The van der Waals surface area contributed by atoms with Crippen LogP contribution in [0.3, 0.4) is 0 Å². The monoisotopic (exact) mass is 432 g/mol. The Morgan fingerprint density at radius 1 is 0.812 bits per heavy atom. The van der Waals surface area contributed by atoms with Crippen LogP contribution in [0.1, 0.15) is 53.5 Å². The van der Waals surface area contributed by atoms with Crippen LogP contribution in [0.5, 0.6) is 11.5 Å². The highest BCUT2D eigenvalue weighted by molar-refractivity contribution is 5.67. The number of phenols is 1. The largest absolute Gasteiger partial charge is 0.504 e. The molecular formula is C28H32O4. The predicted molar refractivity (Wildman–Crippen MR) is 128 cm³/mol. The minimum Gasteiger partial charge on any atom is -0.504 e. The molecule has 0 heterocycles. The molecule has 4 nitrogen and oxygen atoms in total. The van der Waals surface area contributed by atoms with Gasteiger partial charge in [-0.25, -0.2) is 0 Å². The number of aryl methyl sites for hydroxylation is 3. The molecule has 3 aromatic rings. The van der Waals surface area contributed by atoms with Crippen LogP contribution in [-0.4, -0.2) is 22.8 Å². The van der Waals surface area contributed by atoms with Gasteiger partial charge in [-0.3, -0.25) is 4.79 Å². The van der Waals surface area contributed by atoms with Crippen LogP contribution >= 0.6 is 0 Å². The summed E-state index contributed by atoms with van der Waals surface area (Å²) in [6, 6.07) is 22.1. The van der Waals surface area contributed by atoms with E-state index in [9.17, 15) is 9.90 Å². The zero-order chi connectivity index (χ0) is 22.8. The number of benzene rings is 3. The summed E-state index contributed by atoms with van der Waals surface area (Å²) in [5, 5.41) is 18.9. The normalized spacial score (nSPS) is 10.8. The molecule has 0 atom stereocenters. The Bertz CT molecular complexity index is 1010. The summed E-state index contributed by atoms with van der Waals surface area (Å²) in [7, 11) is 0. The van der Waals surface area contributed by atoms with Gasteiger partial charge in [0.15, 0.2) is 11.5 Å². The van der Waals surface area contributed by atoms with Crippen molar-refractivity contribution in [1.82, 2.24) is 0 Å². The molecule has 3 rings (SSSR count). The Kier molecular flexibility index (Phi) is 8.73. The Morgan fingerprint density at radius 3 is 2.31 bits per heavy atom. The van der Waals surface area contributed by atoms with Gasteiger partial charge in [-0.2, -0.15) is 0 Å². The van der Waals surface area contributed by atoms with E-state index in [1.165, 1.54) is 11.1 Å². The van der Waals surface area contributed by atoms with Gasteiger partial charge in [0.25, 0.3) is 0 Å². The van der Waals surface area contributed by atoms with E-state index in [1.807, 2.05) is 36.4 Å². The van der Waals surface area contributed by atoms with Crippen molar-refractivity contribution in [3.8, 4) is 11.5 Å². The van der Waals surface area contributed by atoms with Crippen molar-refractivity contribution >= 4 is 5.97 Å². The number of unbranched alkanes of at least 4 members (excludes halogenated alkanes) is 2. The molecule has 4 heteroatoms. The number of carboxylic acids is 1. The van der Waals surface area contributed by atoms with Crippen molar-refractivity contribution < 1.29 is 19.7 Å². The second-order valence-electron chi connectivity index (χ2n) is 8.34. The van der Waals surface area contributed by atoms with Crippen molar-refractivity contribution in [2.24, 2.45) is 0 Å². The Morgan fingerprint density at radius 2 is 1.56 bits per heavy atom. The first-order chi connectivity index (χ1) is 15.5. The van der Waals surface area contributed by atoms with Gasteiger partial charge in [0.05, 0.1) is 6.61 Å². The van der Waals surface area contributed by atoms with Crippen molar-refractivity contribution in [1.29, 1.82) is 0 Å². The first-order valence-electron chi connectivity index (χ1n) is 11.3. The maximum Gasteiger partial charge on any atom is 0.303 e. The lowest BCUT2D eigenvalue weighted by atomic mass is 10.0. The van der Waals surface area contributed by atoms with Gasteiger partial charge in [-0.15, -0.1) is 0 Å². The average Bonchev–Trinajstić information content (AvgIpc) is 2.77. The van der Waals surface area contributed by atoms with Crippen molar-refractivity contribution in [2.75, 3.05) is 6.61 Å². The molecule has 0 spiro atoms. The number of hydrogen-bond donors (Lipinski definition) is 2. The fraction of sp³-hybridized carbons (Fsp3) is 0.321. The number of aliphatic carboxylic acids is 1. The lowest BCUT2D eigenvalue weighted by Gasteiger charge is -2.11. The number of carboxylic acid groups (broad SMARTS) is 1. The molecule has 168 valence electrons. The quantitative estimate of drug-likeness (QED) is 0.339. The van der Waals surface area contributed by atoms with Crippen molar-refractivity contribution in [3.05, 3.63) is 94.5 Å². The summed E-state index contributed by atoms with van der Waals surface area (Å²) >= 11 is 0. The molecule has 0 saturated carbocycles. The molecule has 3 aromatic carbocycles. The molecule has 0 radical (unpaired) electrons. The Balaban J connectivity index is 1.44. The number of rotatable bonds is 12. The van der Waals surface area contributed by atoms with Gasteiger partial charge in [-0.05, 0) is 79.8 Å². The number of hydrogen-bond acceptors (Lipinski definition) is 3. The number of ether oxygens (including phenoxy) is 1. The molecule has 0 unspecified atom stereocenters. The van der Waals surface area contributed by atoms with Gasteiger partial charge in [-0.1, -0.05) is 60.2 Å². The van der Waals surface area contributed by atoms with Crippen LogP contribution in [-0.2, 0) is 24.1 Å². The zero-order valence-corrected chi connectivity index (χ0v) is 18.7. The lowest BCUT2D eigenvalue weighted by molar-refractivity contribution is -0.136. The van der Waals surface area contributed by atoms with Gasteiger partial charge in [0, 0.05) is 6.42 Å². The third-order valence-electron chi connectivity index (χ3n) is 5.53. The van der Waals surface area contributed by atoms with E-state index in [-0.39, 0.29) is 12.2 Å². The van der Waals surface area contributed by atoms with E-state index in [1.54, 1.807) is 6.07 Å². The Hall–Kier alpha value is -3.27. The SMILES string of the molecule is Cc1cccc(CCCCCOc2cc(Cc3ccc(CCC(=O)O)cc3)ccc2O)c1. The van der Waals surface area contributed by atoms with E-state index in [4.69, 9.17) is 9.84 Å². The van der Waals surface area contributed by atoms with Crippen molar-refractivity contribution in [2.45, 2.75) is 51.9 Å². The number of carbonyl (C=O) groups is 1. The molecule has 0 amide bonds. The highest BCUT2D eigenvalue weighted by atomic mass is 16.5. The molecule has 32 heavy (non-hydrogen) atoms. The van der Waals surface area contributed by atoms with Gasteiger partial charge in [0.1, 0.15) is 0 Å². The van der Waals surface area contributed by atoms with Crippen LogP contribution in [0.4, 0.5) is 0 Å². The van der Waals surface area contributed by atoms with Gasteiger partial charge >= 0.3 is 5.97 Å². The van der Waals surface area contributed by atoms with Crippen LogP contribution in [0.25, 0.3) is 0 Å². The lowest BCUT2D eigenvalue weighted by Crippen LogP contribution is -1.99. The first-order valence-corrected chi connectivity index (χ1v) is 11.3.